The highest BCUT2D eigenvalue weighted by Gasteiger charge is 2.44. The summed E-state index contributed by atoms with van der Waals surface area (Å²) in [6, 6.07) is 0.279. The van der Waals surface area contributed by atoms with Gasteiger partial charge in [-0.15, -0.1) is 0 Å². The average Bonchev–Trinajstić information content (AvgIpc) is 2.99. The van der Waals surface area contributed by atoms with Crippen molar-refractivity contribution in [2.75, 3.05) is 0 Å². The minimum Gasteiger partial charge on any atom is -0.271 e. The van der Waals surface area contributed by atoms with E-state index < -0.39 is 0 Å². The number of halogens is 1. The first-order chi connectivity index (χ1) is 8.01. The second kappa shape index (κ2) is 4.59. The summed E-state index contributed by atoms with van der Waals surface area (Å²) in [7, 11) is 0. The van der Waals surface area contributed by atoms with Crippen molar-refractivity contribution in [3.63, 3.8) is 0 Å². The van der Waals surface area contributed by atoms with E-state index in [2.05, 4.69) is 24.4 Å². The van der Waals surface area contributed by atoms with Crippen molar-refractivity contribution in [2.45, 2.75) is 52.6 Å². The van der Waals surface area contributed by atoms with Crippen LogP contribution in [-0.2, 0) is 13.0 Å². The van der Waals surface area contributed by atoms with Gasteiger partial charge in [-0.3, -0.25) is 16.0 Å². The second-order valence-electron chi connectivity index (χ2n) is 5.24. The average molecular weight is 257 g/mol. The molecule has 1 aromatic heterocycles. The van der Waals surface area contributed by atoms with E-state index in [1.807, 2.05) is 11.6 Å². The summed E-state index contributed by atoms with van der Waals surface area (Å²) < 4.78 is 1.98. The molecule has 1 unspecified atom stereocenters. The van der Waals surface area contributed by atoms with Crippen molar-refractivity contribution >= 4 is 11.6 Å². The molecular formula is C12H21ClN4. The maximum Gasteiger partial charge on any atom is 0.0847 e. The lowest BCUT2D eigenvalue weighted by Gasteiger charge is -2.23. The molecule has 0 saturated heterocycles. The topological polar surface area (TPSA) is 55.9 Å². The molecular weight excluding hydrogens is 236 g/mol. The Morgan fingerprint density at radius 1 is 1.59 bits per heavy atom. The Kier molecular flexibility index (Phi) is 3.48. The molecule has 3 N–H and O–H groups in total. The molecule has 0 aliphatic heterocycles. The summed E-state index contributed by atoms with van der Waals surface area (Å²) in [6.07, 6.45) is 3.32. The van der Waals surface area contributed by atoms with Crippen LogP contribution < -0.4 is 11.3 Å². The van der Waals surface area contributed by atoms with Crippen molar-refractivity contribution < 1.29 is 0 Å². The maximum absolute atomic E-state index is 6.31. The highest BCUT2D eigenvalue weighted by molar-refractivity contribution is 6.31. The zero-order valence-electron chi connectivity index (χ0n) is 10.8. The number of hydrogen-bond acceptors (Lipinski definition) is 3. The van der Waals surface area contributed by atoms with Crippen LogP contribution in [0.2, 0.25) is 5.02 Å². The zero-order chi connectivity index (χ0) is 12.6. The van der Waals surface area contributed by atoms with Gasteiger partial charge in [0.1, 0.15) is 0 Å². The second-order valence-corrected chi connectivity index (χ2v) is 5.62. The van der Waals surface area contributed by atoms with Gasteiger partial charge in [0, 0.05) is 19.0 Å². The molecule has 0 amide bonds. The van der Waals surface area contributed by atoms with Gasteiger partial charge in [-0.25, -0.2) is 0 Å². The molecule has 17 heavy (non-hydrogen) atoms. The lowest BCUT2D eigenvalue weighted by atomic mass is 9.95. The molecule has 4 nitrogen and oxygen atoms in total. The number of nitrogens with one attached hydrogen (secondary N) is 1. The molecule has 1 aromatic rings. The van der Waals surface area contributed by atoms with Gasteiger partial charge in [0.25, 0.3) is 0 Å². The van der Waals surface area contributed by atoms with Gasteiger partial charge >= 0.3 is 0 Å². The van der Waals surface area contributed by atoms with E-state index in [4.69, 9.17) is 17.4 Å². The Morgan fingerprint density at radius 3 is 2.71 bits per heavy atom. The third-order valence-corrected chi connectivity index (χ3v) is 4.42. The van der Waals surface area contributed by atoms with Gasteiger partial charge in [-0.1, -0.05) is 18.5 Å². The Bertz CT molecular complexity index is 409. The molecule has 0 aromatic carbocycles. The fraction of sp³-hybridized carbons (Fsp3) is 0.750. The van der Waals surface area contributed by atoms with Crippen LogP contribution in [0.5, 0.6) is 0 Å². The molecule has 2 rings (SSSR count). The van der Waals surface area contributed by atoms with Gasteiger partial charge < -0.3 is 0 Å². The fourth-order valence-electron chi connectivity index (χ4n) is 2.31. The van der Waals surface area contributed by atoms with E-state index in [9.17, 15) is 0 Å². The van der Waals surface area contributed by atoms with E-state index in [0.717, 1.165) is 29.4 Å². The molecule has 5 heteroatoms. The minimum atomic E-state index is 0.279. The molecule has 1 atom stereocenters. The quantitative estimate of drug-likeness (QED) is 0.626. The number of nitrogens with zero attached hydrogens (tertiary/aromatic N) is 2. The van der Waals surface area contributed by atoms with Crippen molar-refractivity contribution in [2.24, 2.45) is 11.3 Å². The Balaban J connectivity index is 2.22. The first kappa shape index (κ1) is 12.9. The third kappa shape index (κ3) is 2.34. The fourth-order valence-corrected chi connectivity index (χ4v) is 2.52. The summed E-state index contributed by atoms with van der Waals surface area (Å²) in [6.45, 7) is 7.14. The van der Waals surface area contributed by atoms with Crippen LogP contribution in [0.25, 0.3) is 0 Å². The third-order valence-electron chi connectivity index (χ3n) is 3.93. The SMILES string of the molecule is CCn1nc(C)c(Cl)c1CC(NN)C1(C)CC1. The van der Waals surface area contributed by atoms with Crippen molar-refractivity contribution in [3.8, 4) is 0 Å². The van der Waals surface area contributed by atoms with Crippen LogP contribution in [0.4, 0.5) is 0 Å². The number of hydrazine groups is 1. The number of hydrogen-bond donors (Lipinski definition) is 2. The zero-order valence-corrected chi connectivity index (χ0v) is 11.5. The van der Waals surface area contributed by atoms with Gasteiger partial charge in [0.05, 0.1) is 16.4 Å². The molecule has 0 bridgehead atoms. The van der Waals surface area contributed by atoms with E-state index in [1.165, 1.54) is 12.8 Å². The van der Waals surface area contributed by atoms with Gasteiger partial charge in [-0.05, 0) is 32.1 Å². The first-order valence-electron chi connectivity index (χ1n) is 6.19. The summed E-state index contributed by atoms with van der Waals surface area (Å²) in [4.78, 5) is 0. The highest BCUT2D eigenvalue weighted by atomic mass is 35.5. The predicted octanol–water partition coefficient (Wildman–Crippen LogP) is 2.04. The Labute approximate surface area is 107 Å². The van der Waals surface area contributed by atoms with Crippen LogP contribution in [0.15, 0.2) is 0 Å². The van der Waals surface area contributed by atoms with E-state index in [1.54, 1.807) is 0 Å². The number of aromatic nitrogens is 2. The first-order valence-corrected chi connectivity index (χ1v) is 6.57. The van der Waals surface area contributed by atoms with Crippen LogP contribution >= 0.6 is 11.6 Å². The van der Waals surface area contributed by atoms with E-state index in [-0.39, 0.29) is 6.04 Å². The van der Waals surface area contributed by atoms with Gasteiger partial charge in [0.2, 0.25) is 0 Å². The lowest BCUT2D eigenvalue weighted by molar-refractivity contribution is 0.351. The summed E-state index contributed by atoms with van der Waals surface area (Å²) in [5.41, 5.74) is 5.27. The summed E-state index contributed by atoms with van der Waals surface area (Å²) >= 11 is 6.31. The van der Waals surface area contributed by atoms with Crippen molar-refractivity contribution in [1.29, 1.82) is 0 Å². The normalized spacial score (nSPS) is 19.4. The van der Waals surface area contributed by atoms with Crippen LogP contribution in [0.3, 0.4) is 0 Å². The van der Waals surface area contributed by atoms with Crippen LogP contribution in [0, 0.1) is 12.3 Å². The monoisotopic (exact) mass is 256 g/mol. The minimum absolute atomic E-state index is 0.279. The molecule has 1 fully saturated rings. The van der Waals surface area contributed by atoms with Crippen molar-refractivity contribution in [3.05, 3.63) is 16.4 Å². The van der Waals surface area contributed by atoms with Crippen LogP contribution in [-0.4, -0.2) is 15.8 Å². The van der Waals surface area contributed by atoms with E-state index in [0.29, 0.717) is 5.41 Å². The van der Waals surface area contributed by atoms with E-state index >= 15 is 0 Å². The molecule has 1 aliphatic carbocycles. The van der Waals surface area contributed by atoms with Crippen molar-refractivity contribution in [1.82, 2.24) is 15.2 Å². The predicted molar refractivity (Wildman–Crippen MR) is 69.8 cm³/mol. The smallest absolute Gasteiger partial charge is 0.0847 e. The standard InChI is InChI=1S/C12H21ClN4/c1-4-17-9(11(13)8(2)16-17)7-10(15-14)12(3)5-6-12/h10,15H,4-7,14H2,1-3H3. The summed E-state index contributed by atoms with van der Waals surface area (Å²) in [5.74, 6) is 5.67. The maximum atomic E-state index is 6.31. The number of rotatable bonds is 5. The molecule has 1 heterocycles. The van der Waals surface area contributed by atoms with Gasteiger partial charge in [-0.2, -0.15) is 5.10 Å². The Morgan fingerprint density at radius 2 is 2.24 bits per heavy atom. The van der Waals surface area contributed by atoms with Gasteiger partial charge in [0.15, 0.2) is 0 Å². The number of nitrogens with two attached hydrogens (primary N) is 1. The molecule has 1 saturated carbocycles. The Hall–Kier alpha value is -0.580. The lowest BCUT2D eigenvalue weighted by Crippen LogP contribution is -2.43. The van der Waals surface area contributed by atoms with Crippen LogP contribution in [0.1, 0.15) is 38.1 Å². The molecule has 0 radical (unpaired) electrons. The highest BCUT2D eigenvalue weighted by Crippen LogP contribution is 2.49. The summed E-state index contributed by atoms with van der Waals surface area (Å²) in [5, 5.41) is 5.22. The molecule has 1 aliphatic rings. The number of aryl methyl sites for hydroxylation is 2. The molecule has 0 spiro atoms. The largest absolute Gasteiger partial charge is 0.271 e. The molecule has 96 valence electrons.